The first kappa shape index (κ1) is 14.6. The molecule has 0 aliphatic carbocycles. The Morgan fingerprint density at radius 1 is 1.33 bits per heavy atom. The zero-order valence-corrected chi connectivity index (χ0v) is 13.4. The molecule has 1 aromatic carbocycles. The molecule has 1 fully saturated rings. The maximum atomic E-state index is 11.9. The molecule has 2 aliphatic heterocycles. The Bertz CT molecular complexity index is 771. The third-order valence-electron chi connectivity index (χ3n) is 4.02. The highest BCUT2D eigenvalue weighted by Crippen LogP contribution is 2.37. The summed E-state index contributed by atoms with van der Waals surface area (Å²) < 4.78 is 47.5. The summed E-state index contributed by atoms with van der Waals surface area (Å²) in [5.41, 5.74) is 1.39. The van der Waals surface area contributed by atoms with Gasteiger partial charge in [0.25, 0.3) is 0 Å². The zero-order chi connectivity index (χ0) is 15.3. The molecule has 8 heteroatoms. The zero-order valence-electron chi connectivity index (χ0n) is 11.7. The molecule has 1 atom stereocenters. The predicted octanol–water partition coefficient (Wildman–Crippen LogP) is 0.509. The van der Waals surface area contributed by atoms with Crippen LogP contribution in [0.2, 0.25) is 0 Å². The van der Waals surface area contributed by atoms with Crippen LogP contribution in [0.5, 0.6) is 0 Å². The van der Waals surface area contributed by atoms with Crippen LogP contribution in [0.1, 0.15) is 6.42 Å². The Hall–Kier alpha value is -1.28. The van der Waals surface area contributed by atoms with Crippen LogP contribution in [0.4, 0.5) is 11.4 Å². The Kier molecular flexibility index (Phi) is 3.40. The second-order valence-electron chi connectivity index (χ2n) is 5.60. The van der Waals surface area contributed by atoms with Crippen molar-refractivity contribution in [2.24, 2.45) is 0 Å². The second kappa shape index (κ2) is 4.88. The van der Waals surface area contributed by atoms with E-state index in [1.165, 1.54) is 6.26 Å². The smallest absolute Gasteiger partial charge is 0.177 e. The average Bonchev–Trinajstić information content (AvgIpc) is 2.54. The summed E-state index contributed by atoms with van der Waals surface area (Å²) in [7, 11) is -6.33. The maximum absolute atomic E-state index is 11.9. The van der Waals surface area contributed by atoms with E-state index in [4.69, 9.17) is 0 Å². The Labute approximate surface area is 125 Å². The SMILES string of the molecule is CS(=O)(=O)c1cccc2c1NCCC1CS(=O)(=O)CCN21. The van der Waals surface area contributed by atoms with E-state index in [9.17, 15) is 16.8 Å². The molecule has 2 aliphatic rings. The third kappa shape index (κ3) is 2.74. The highest BCUT2D eigenvalue weighted by Gasteiger charge is 2.34. The summed E-state index contributed by atoms with van der Waals surface area (Å²) in [6.07, 6.45) is 1.87. The van der Waals surface area contributed by atoms with E-state index >= 15 is 0 Å². The first-order valence-electron chi connectivity index (χ1n) is 6.82. The van der Waals surface area contributed by atoms with Gasteiger partial charge in [-0.3, -0.25) is 0 Å². The van der Waals surface area contributed by atoms with Crippen molar-refractivity contribution in [2.75, 3.05) is 41.1 Å². The van der Waals surface area contributed by atoms with E-state index in [1.54, 1.807) is 12.1 Å². The van der Waals surface area contributed by atoms with Crippen molar-refractivity contribution in [3.63, 3.8) is 0 Å². The lowest BCUT2D eigenvalue weighted by Crippen LogP contribution is -2.48. The number of nitrogens with zero attached hydrogens (tertiary/aromatic N) is 1. The van der Waals surface area contributed by atoms with Gasteiger partial charge in [-0.05, 0) is 18.6 Å². The molecule has 0 amide bonds. The van der Waals surface area contributed by atoms with Crippen LogP contribution in [0.3, 0.4) is 0 Å². The Morgan fingerprint density at radius 3 is 2.81 bits per heavy atom. The number of fused-ring (bicyclic) bond motifs is 3. The number of para-hydroxylation sites is 1. The summed E-state index contributed by atoms with van der Waals surface area (Å²) in [6, 6.07) is 5.06. The van der Waals surface area contributed by atoms with Crippen molar-refractivity contribution >= 4 is 31.0 Å². The molecular formula is C13H18N2O4S2. The number of sulfone groups is 2. The lowest BCUT2D eigenvalue weighted by atomic mass is 10.2. The van der Waals surface area contributed by atoms with Crippen molar-refractivity contribution < 1.29 is 16.8 Å². The van der Waals surface area contributed by atoms with Gasteiger partial charge in [-0.2, -0.15) is 0 Å². The molecule has 1 unspecified atom stereocenters. The van der Waals surface area contributed by atoms with Crippen LogP contribution in [-0.2, 0) is 19.7 Å². The molecule has 3 rings (SSSR count). The fraction of sp³-hybridized carbons (Fsp3) is 0.538. The van der Waals surface area contributed by atoms with Crippen molar-refractivity contribution in [3.05, 3.63) is 18.2 Å². The summed E-state index contributed by atoms with van der Waals surface area (Å²) in [5, 5.41) is 3.17. The largest absolute Gasteiger partial charge is 0.382 e. The van der Waals surface area contributed by atoms with Crippen molar-refractivity contribution in [1.29, 1.82) is 0 Å². The molecule has 6 nitrogen and oxygen atoms in total. The minimum Gasteiger partial charge on any atom is -0.382 e. The van der Waals surface area contributed by atoms with Crippen LogP contribution in [0.15, 0.2) is 23.1 Å². The molecule has 0 aromatic heterocycles. The van der Waals surface area contributed by atoms with E-state index in [0.717, 1.165) is 5.69 Å². The molecule has 1 aromatic rings. The number of nitrogens with one attached hydrogen (secondary N) is 1. The average molecular weight is 330 g/mol. The maximum Gasteiger partial charge on any atom is 0.177 e. The minimum atomic E-state index is -3.33. The van der Waals surface area contributed by atoms with Gasteiger partial charge in [-0.25, -0.2) is 16.8 Å². The summed E-state index contributed by atoms with van der Waals surface area (Å²) in [5.74, 6) is 0.253. The van der Waals surface area contributed by atoms with Gasteiger partial charge in [0.05, 0.1) is 27.8 Å². The molecule has 21 heavy (non-hydrogen) atoms. The molecule has 1 saturated heterocycles. The molecule has 0 saturated carbocycles. The number of rotatable bonds is 1. The van der Waals surface area contributed by atoms with Gasteiger partial charge in [-0.1, -0.05) is 6.07 Å². The van der Waals surface area contributed by atoms with E-state index in [0.29, 0.717) is 25.2 Å². The van der Waals surface area contributed by atoms with Gasteiger partial charge >= 0.3 is 0 Å². The van der Waals surface area contributed by atoms with Gasteiger partial charge in [0.2, 0.25) is 0 Å². The monoisotopic (exact) mass is 330 g/mol. The second-order valence-corrected chi connectivity index (χ2v) is 9.81. The van der Waals surface area contributed by atoms with Gasteiger partial charge in [0.1, 0.15) is 0 Å². The number of benzene rings is 1. The van der Waals surface area contributed by atoms with Crippen LogP contribution in [0.25, 0.3) is 0 Å². The molecule has 2 heterocycles. The summed E-state index contributed by atoms with van der Waals surface area (Å²) in [6.45, 7) is 0.977. The fourth-order valence-corrected chi connectivity index (χ4v) is 5.50. The first-order valence-corrected chi connectivity index (χ1v) is 10.5. The summed E-state index contributed by atoms with van der Waals surface area (Å²) in [4.78, 5) is 2.31. The van der Waals surface area contributed by atoms with Crippen LogP contribution in [-0.4, -0.2) is 53.7 Å². The number of hydrogen-bond acceptors (Lipinski definition) is 6. The molecule has 0 bridgehead atoms. The fourth-order valence-electron chi connectivity index (χ4n) is 3.05. The van der Waals surface area contributed by atoms with Crippen LogP contribution >= 0.6 is 0 Å². The summed E-state index contributed by atoms with van der Waals surface area (Å²) >= 11 is 0. The topological polar surface area (TPSA) is 83.5 Å². The predicted molar refractivity (Wildman–Crippen MR) is 82.4 cm³/mol. The van der Waals surface area contributed by atoms with E-state index in [1.807, 2.05) is 11.0 Å². The molecule has 1 N–H and O–H groups in total. The van der Waals surface area contributed by atoms with Gasteiger partial charge < -0.3 is 10.2 Å². The standard InChI is InChI=1S/C13H18N2O4S2/c1-20(16,17)12-4-2-3-11-13(12)14-6-5-10-9-21(18,19)8-7-15(10)11/h2-4,10,14H,5-9H2,1H3. The van der Waals surface area contributed by atoms with Gasteiger partial charge in [0.15, 0.2) is 19.7 Å². The molecule has 0 spiro atoms. The Morgan fingerprint density at radius 2 is 2.10 bits per heavy atom. The van der Waals surface area contributed by atoms with Gasteiger partial charge in [0, 0.05) is 25.4 Å². The highest BCUT2D eigenvalue weighted by molar-refractivity contribution is 7.91. The Balaban J connectivity index is 2.11. The minimum absolute atomic E-state index is 0.0905. The van der Waals surface area contributed by atoms with E-state index < -0.39 is 19.7 Å². The van der Waals surface area contributed by atoms with Crippen molar-refractivity contribution in [2.45, 2.75) is 17.4 Å². The van der Waals surface area contributed by atoms with Crippen molar-refractivity contribution in [3.8, 4) is 0 Å². The lowest BCUT2D eigenvalue weighted by molar-refractivity contribution is 0.550. The third-order valence-corrected chi connectivity index (χ3v) is 6.86. The van der Waals surface area contributed by atoms with Crippen LogP contribution in [0, 0.1) is 0 Å². The van der Waals surface area contributed by atoms with E-state index in [-0.39, 0.29) is 22.4 Å². The molecule has 116 valence electrons. The molecule has 0 radical (unpaired) electrons. The highest BCUT2D eigenvalue weighted by atomic mass is 32.2. The van der Waals surface area contributed by atoms with Crippen LogP contribution < -0.4 is 10.2 Å². The normalized spacial score (nSPS) is 24.4. The molecular weight excluding hydrogens is 312 g/mol. The quantitative estimate of drug-likeness (QED) is 0.808. The number of anilines is 2. The van der Waals surface area contributed by atoms with E-state index in [2.05, 4.69) is 5.32 Å². The van der Waals surface area contributed by atoms with Crippen molar-refractivity contribution in [1.82, 2.24) is 0 Å². The van der Waals surface area contributed by atoms with Gasteiger partial charge in [-0.15, -0.1) is 0 Å². The first-order chi connectivity index (χ1) is 9.78. The number of hydrogen-bond donors (Lipinski definition) is 1. The lowest BCUT2D eigenvalue weighted by Gasteiger charge is -2.36.